The minimum atomic E-state index is 0.509. The third-order valence-electron chi connectivity index (χ3n) is 2.46. The fourth-order valence-electron chi connectivity index (χ4n) is 1.55. The predicted molar refractivity (Wildman–Crippen MR) is 68.9 cm³/mol. The lowest BCUT2D eigenvalue weighted by Gasteiger charge is -2.04. The first-order valence-electron chi connectivity index (χ1n) is 5.55. The Kier molecular flexibility index (Phi) is 4.17. The van der Waals surface area contributed by atoms with Crippen molar-refractivity contribution in [1.29, 1.82) is 0 Å². The van der Waals surface area contributed by atoms with Crippen LogP contribution in [-0.2, 0) is 6.42 Å². The molecular formula is C12H14ClN3O2. The van der Waals surface area contributed by atoms with Gasteiger partial charge in [0, 0.05) is 18.0 Å². The van der Waals surface area contributed by atoms with Crippen LogP contribution in [0.3, 0.4) is 0 Å². The number of hydrogen-bond donors (Lipinski definition) is 1. The first kappa shape index (κ1) is 12.9. The molecule has 0 unspecified atom stereocenters. The SMILES string of the molecule is CNCCc1nc(-c2ccc(Cl)cc2OC)no1. The van der Waals surface area contributed by atoms with Gasteiger partial charge in [0.1, 0.15) is 5.75 Å². The van der Waals surface area contributed by atoms with E-state index in [1.165, 1.54) is 0 Å². The second kappa shape index (κ2) is 5.84. The van der Waals surface area contributed by atoms with Gasteiger partial charge >= 0.3 is 0 Å². The van der Waals surface area contributed by atoms with Crippen molar-refractivity contribution in [2.45, 2.75) is 6.42 Å². The lowest BCUT2D eigenvalue weighted by Crippen LogP contribution is -2.10. The van der Waals surface area contributed by atoms with Crippen molar-refractivity contribution in [2.24, 2.45) is 0 Å². The molecule has 0 amide bonds. The Morgan fingerprint density at radius 2 is 2.28 bits per heavy atom. The zero-order valence-corrected chi connectivity index (χ0v) is 11.0. The molecule has 0 bridgehead atoms. The summed E-state index contributed by atoms with van der Waals surface area (Å²) in [5.74, 6) is 1.73. The Bertz CT molecular complexity index is 528. The maximum absolute atomic E-state index is 5.90. The third-order valence-corrected chi connectivity index (χ3v) is 2.70. The second-order valence-electron chi connectivity index (χ2n) is 3.71. The molecule has 0 aliphatic heterocycles. The average Bonchev–Trinajstić information content (AvgIpc) is 2.84. The molecule has 6 heteroatoms. The smallest absolute Gasteiger partial charge is 0.228 e. The largest absolute Gasteiger partial charge is 0.496 e. The first-order chi connectivity index (χ1) is 8.74. The van der Waals surface area contributed by atoms with E-state index >= 15 is 0 Å². The Labute approximate surface area is 110 Å². The van der Waals surface area contributed by atoms with E-state index in [1.54, 1.807) is 19.2 Å². The van der Waals surface area contributed by atoms with E-state index in [0.717, 1.165) is 12.1 Å². The molecule has 2 rings (SSSR count). The number of methoxy groups -OCH3 is 1. The topological polar surface area (TPSA) is 60.2 Å². The van der Waals surface area contributed by atoms with E-state index in [9.17, 15) is 0 Å². The van der Waals surface area contributed by atoms with Crippen molar-refractivity contribution in [2.75, 3.05) is 20.7 Å². The molecular weight excluding hydrogens is 254 g/mol. The average molecular weight is 268 g/mol. The highest BCUT2D eigenvalue weighted by molar-refractivity contribution is 6.30. The summed E-state index contributed by atoms with van der Waals surface area (Å²) in [5.41, 5.74) is 0.765. The standard InChI is InChI=1S/C12H14ClN3O2/c1-14-6-5-11-15-12(16-18-11)9-4-3-8(13)7-10(9)17-2/h3-4,7,14H,5-6H2,1-2H3. The summed E-state index contributed by atoms with van der Waals surface area (Å²) >= 11 is 5.90. The Morgan fingerprint density at radius 1 is 1.44 bits per heavy atom. The van der Waals surface area contributed by atoms with E-state index in [2.05, 4.69) is 15.5 Å². The number of rotatable bonds is 5. The molecule has 0 saturated heterocycles. The fraction of sp³-hybridized carbons (Fsp3) is 0.333. The molecule has 0 spiro atoms. The van der Waals surface area contributed by atoms with Crippen molar-refractivity contribution >= 4 is 11.6 Å². The molecule has 18 heavy (non-hydrogen) atoms. The number of benzene rings is 1. The van der Waals surface area contributed by atoms with E-state index in [4.69, 9.17) is 20.9 Å². The summed E-state index contributed by atoms with van der Waals surface area (Å²) in [4.78, 5) is 4.32. The van der Waals surface area contributed by atoms with Crippen LogP contribution in [0, 0.1) is 0 Å². The summed E-state index contributed by atoms with van der Waals surface area (Å²) in [6.45, 7) is 0.791. The monoisotopic (exact) mass is 267 g/mol. The predicted octanol–water partition coefficient (Wildman–Crippen LogP) is 2.16. The van der Waals surface area contributed by atoms with Crippen LogP contribution in [0.25, 0.3) is 11.4 Å². The molecule has 1 aromatic carbocycles. The molecule has 1 aromatic heterocycles. The highest BCUT2D eigenvalue weighted by atomic mass is 35.5. The van der Waals surface area contributed by atoms with Gasteiger partial charge in [-0.1, -0.05) is 16.8 Å². The number of halogens is 1. The summed E-state index contributed by atoms with van der Waals surface area (Å²) in [5, 5.41) is 7.57. The molecule has 1 heterocycles. The molecule has 0 aliphatic carbocycles. The minimum Gasteiger partial charge on any atom is -0.496 e. The lowest BCUT2D eigenvalue weighted by molar-refractivity contribution is 0.377. The minimum absolute atomic E-state index is 0.509. The van der Waals surface area contributed by atoms with Crippen LogP contribution in [0.4, 0.5) is 0 Å². The Morgan fingerprint density at radius 3 is 3.00 bits per heavy atom. The maximum atomic E-state index is 5.90. The highest BCUT2D eigenvalue weighted by Gasteiger charge is 2.13. The van der Waals surface area contributed by atoms with Gasteiger partial charge in [0.2, 0.25) is 11.7 Å². The highest BCUT2D eigenvalue weighted by Crippen LogP contribution is 2.30. The van der Waals surface area contributed by atoms with Gasteiger partial charge in [0.05, 0.1) is 12.7 Å². The molecule has 0 atom stereocenters. The number of nitrogens with zero attached hydrogens (tertiary/aromatic N) is 2. The number of ether oxygens (including phenoxy) is 1. The first-order valence-corrected chi connectivity index (χ1v) is 5.93. The summed E-state index contributed by atoms with van der Waals surface area (Å²) in [6, 6.07) is 5.30. The van der Waals surface area contributed by atoms with Gasteiger partial charge < -0.3 is 14.6 Å². The molecule has 0 radical (unpaired) electrons. The van der Waals surface area contributed by atoms with Gasteiger partial charge in [-0.15, -0.1) is 0 Å². The van der Waals surface area contributed by atoms with E-state index < -0.39 is 0 Å². The molecule has 0 aliphatic rings. The number of likely N-dealkylation sites (N-methyl/N-ethyl adjacent to an activating group) is 1. The zero-order valence-electron chi connectivity index (χ0n) is 10.2. The number of nitrogens with one attached hydrogen (secondary N) is 1. The maximum Gasteiger partial charge on any atom is 0.228 e. The second-order valence-corrected chi connectivity index (χ2v) is 4.15. The fourth-order valence-corrected chi connectivity index (χ4v) is 1.71. The van der Waals surface area contributed by atoms with Gasteiger partial charge in [0.25, 0.3) is 0 Å². The lowest BCUT2D eigenvalue weighted by atomic mass is 10.2. The van der Waals surface area contributed by atoms with Crippen molar-refractivity contribution in [3.8, 4) is 17.1 Å². The summed E-state index contributed by atoms with van der Waals surface area (Å²) < 4.78 is 10.4. The van der Waals surface area contributed by atoms with Crippen LogP contribution in [0.5, 0.6) is 5.75 Å². The summed E-state index contributed by atoms with van der Waals surface area (Å²) in [6.07, 6.45) is 0.694. The Balaban J connectivity index is 2.28. The Hall–Kier alpha value is -1.59. The summed E-state index contributed by atoms with van der Waals surface area (Å²) in [7, 11) is 3.46. The number of hydrogen-bond acceptors (Lipinski definition) is 5. The van der Waals surface area contributed by atoms with Gasteiger partial charge in [-0.2, -0.15) is 4.98 Å². The van der Waals surface area contributed by atoms with Gasteiger partial charge in [-0.05, 0) is 25.2 Å². The zero-order chi connectivity index (χ0) is 13.0. The van der Waals surface area contributed by atoms with Crippen molar-refractivity contribution in [3.05, 3.63) is 29.1 Å². The molecule has 0 fully saturated rings. The van der Waals surface area contributed by atoms with Crippen LogP contribution >= 0.6 is 11.6 Å². The van der Waals surface area contributed by atoms with E-state index in [1.807, 2.05) is 13.1 Å². The van der Waals surface area contributed by atoms with Gasteiger partial charge in [0.15, 0.2) is 0 Å². The van der Waals surface area contributed by atoms with Crippen molar-refractivity contribution < 1.29 is 9.26 Å². The van der Waals surface area contributed by atoms with Crippen LogP contribution in [-0.4, -0.2) is 30.8 Å². The van der Waals surface area contributed by atoms with Gasteiger partial charge in [-0.3, -0.25) is 0 Å². The van der Waals surface area contributed by atoms with E-state index in [-0.39, 0.29) is 0 Å². The van der Waals surface area contributed by atoms with Crippen LogP contribution in [0.1, 0.15) is 5.89 Å². The molecule has 5 nitrogen and oxygen atoms in total. The van der Waals surface area contributed by atoms with Crippen LogP contribution in [0.15, 0.2) is 22.7 Å². The van der Waals surface area contributed by atoms with Crippen molar-refractivity contribution in [1.82, 2.24) is 15.5 Å². The molecule has 0 saturated carbocycles. The van der Waals surface area contributed by atoms with Crippen LogP contribution in [0.2, 0.25) is 5.02 Å². The number of aromatic nitrogens is 2. The van der Waals surface area contributed by atoms with Crippen molar-refractivity contribution in [3.63, 3.8) is 0 Å². The van der Waals surface area contributed by atoms with Gasteiger partial charge in [-0.25, -0.2) is 0 Å². The van der Waals surface area contributed by atoms with E-state index in [0.29, 0.717) is 28.9 Å². The quantitative estimate of drug-likeness (QED) is 0.900. The normalized spacial score (nSPS) is 10.6. The molecule has 2 aromatic rings. The molecule has 96 valence electrons. The molecule has 1 N–H and O–H groups in total. The van der Waals surface area contributed by atoms with Crippen LogP contribution < -0.4 is 10.1 Å². The third kappa shape index (κ3) is 2.80.